The van der Waals surface area contributed by atoms with Crippen molar-refractivity contribution in [1.82, 2.24) is 4.98 Å². The predicted molar refractivity (Wildman–Crippen MR) is 85.9 cm³/mol. The molecule has 0 radical (unpaired) electrons. The molecule has 0 saturated heterocycles. The number of anilines is 1. The Morgan fingerprint density at radius 1 is 1.21 bits per heavy atom. The van der Waals surface area contributed by atoms with Gasteiger partial charge in [0, 0.05) is 12.1 Å². The summed E-state index contributed by atoms with van der Waals surface area (Å²) in [7, 11) is 0. The first-order chi connectivity index (χ1) is 11.0. The van der Waals surface area contributed by atoms with Gasteiger partial charge in [-0.3, -0.25) is 14.9 Å². The first kappa shape index (κ1) is 19.4. The van der Waals surface area contributed by atoms with Gasteiger partial charge in [0.2, 0.25) is 0 Å². The summed E-state index contributed by atoms with van der Waals surface area (Å²) < 4.78 is 5.10. The van der Waals surface area contributed by atoms with Crippen molar-refractivity contribution in [2.75, 3.05) is 5.32 Å². The molecule has 1 atom stereocenters. The largest absolute Gasteiger partial charge is 0.481 e. The fourth-order valence-corrected chi connectivity index (χ4v) is 2.22. The van der Waals surface area contributed by atoms with Crippen LogP contribution in [0.5, 0.6) is 0 Å². The highest BCUT2D eigenvalue weighted by Gasteiger charge is 2.35. The Morgan fingerprint density at radius 2 is 1.79 bits per heavy atom. The van der Waals surface area contributed by atoms with Crippen molar-refractivity contribution in [3.63, 3.8) is 0 Å². The first-order valence-electron chi connectivity index (χ1n) is 7.46. The molecule has 8 nitrogen and oxygen atoms in total. The van der Waals surface area contributed by atoms with Gasteiger partial charge in [-0.25, -0.2) is 9.78 Å². The van der Waals surface area contributed by atoms with E-state index in [0.29, 0.717) is 12.0 Å². The number of carboxylic acid groups (broad SMARTS) is 2. The molecule has 0 aliphatic rings. The monoisotopic (exact) mass is 338 g/mol. The Morgan fingerprint density at radius 3 is 2.17 bits per heavy atom. The number of ether oxygens (including phenoxy) is 1. The molecule has 8 heteroatoms. The molecule has 132 valence electrons. The van der Waals surface area contributed by atoms with E-state index in [0.717, 1.165) is 0 Å². The predicted octanol–water partition coefficient (Wildman–Crippen LogP) is 2.71. The van der Waals surface area contributed by atoms with E-state index in [9.17, 15) is 14.4 Å². The van der Waals surface area contributed by atoms with Crippen LogP contribution in [0.3, 0.4) is 0 Å². The third kappa shape index (κ3) is 5.53. The number of aromatic nitrogens is 1. The second kappa shape index (κ2) is 7.76. The lowest BCUT2D eigenvalue weighted by Gasteiger charge is -2.20. The van der Waals surface area contributed by atoms with Gasteiger partial charge in [-0.15, -0.1) is 0 Å². The van der Waals surface area contributed by atoms with E-state index in [1.54, 1.807) is 33.8 Å². The fraction of sp³-hybridized carbons (Fsp3) is 0.500. The molecule has 0 fully saturated rings. The zero-order valence-corrected chi connectivity index (χ0v) is 14.1. The van der Waals surface area contributed by atoms with Crippen molar-refractivity contribution >= 4 is 23.8 Å². The molecule has 0 spiro atoms. The number of carbonyl (C=O) groups is 3. The molecular formula is C16H22N2O6. The van der Waals surface area contributed by atoms with Crippen molar-refractivity contribution < 1.29 is 29.3 Å². The van der Waals surface area contributed by atoms with Crippen molar-refractivity contribution in [2.24, 2.45) is 5.92 Å². The lowest BCUT2D eigenvalue weighted by molar-refractivity contribution is -0.155. The average molecular weight is 338 g/mol. The van der Waals surface area contributed by atoms with Gasteiger partial charge < -0.3 is 14.9 Å². The fourth-order valence-electron chi connectivity index (χ4n) is 2.22. The van der Waals surface area contributed by atoms with Crippen molar-refractivity contribution in [1.29, 1.82) is 0 Å². The number of hydrogen-bond acceptors (Lipinski definition) is 5. The number of hydrogen-bond donors (Lipinski definition) is 3. The molecule has 24 heavy (non-hydrogen) atoms. The number of nitrogens with one attached hydrogen (secondary N) is 1. The highest BCUT2D eigenvalue weighted by atomic mass is 16.6. The maximum absolute atomic E-state index is 11.7. The Bertz CT molecular complexity index is 592. The van der Waals surface area contributed by atoms with Crippen LogP contribution in [0.15, 0.2) is 18.3 Å². The molecule has 0 aliphatic heterocycles. The molecular weight excluding hydrogens is 316 g/mol. The maximum Gasteiger partial charge on any atom is 0.413 e. The Kier molecular flexibility index (Phi) is 6.27. The zero-order valence-electron chi connectivity index (χ0n) is 14.1. The lowest BCUT2D eigenvalue weighted by atomic mass is 9.85. The van der Waals surface area contributed by atoms with Gasteiger partial charge in [-0.2, -0.15) is 0 Å². The molecule has 1 unspecified atom stereocenters. The standard InChI is InChI=1S/C16H22N2O6/c1-5-10(12(13(19)20)14(21)22)9-6-7-11(17-8-9)18-15(23)24-16(2,3)4/h6-8,10,12H,5H2,1-4H3,(H,19,20)(H,21,22)(H,17,18,23). The van der Waals surface area contributed by atoms with E-state index < -0.39 is 35.5 Å². The van der Waals surface area contributed by atoms with E-state index in [4.69, 9.17) is 14.9 Å². The quantitative estimate of drug-likeness (QED) is 0.681. The average Bonchev–Trinajstić information content (AvgIpc) is 2.42. The van der Waals surface area contributed by atoms with Crippen LogP contribution in [-0.4, -0.2) is 38.8 Å². The number of carboxylic acids is 2. The van der Waals surface area contributed by atoms with Gasteiger partial charge in [0.25, 0.3) is 0 Å². The van der Waals surface area contributed by atoms with E-state index in [-0.39, 0.29) is 5.82 Å². The van der Waals surface area contributed by atoms with E-state index in [2.05, 4.69) is 10.3 Å². The molecule has 1 rings (SSSR count). The minimum absolute atomic E-state index is 0.227. The van der Waals surface area contributed by atoms with Gasteiger partial charge in [0.1, 0.15) is 11.4 Å². The number of nitrogens with zero attached hydrogens (tertiary/aromatic N) is 1. The van der Waals surface area contributed by atoms with Crippen molar-refractivity contribution in [3.8, 4) is 0 Å². The minimum atomic E-state index is -1.55. The normalized spacial score (nSPS) is 12.5. The molecule has 1 amide bonds. The van der Waals surface area contributed by atoms with Crippen LogP contribution in [0.25, 0.3) is 0 Å². The van der Waals surface area contributed by atoms with E-state index >= 15 is 0 Å². The van der Waals surface area contributed by atoms with Gasteiger partial charge in [-0.05, 0) is 38.8 Å². The van der Waals surface area contributed by atoms with Crippen LogP contribution in [0.4, 0.5) is 10.6 Å². The summed E-state index contributed by atoms with van der Waals surface area (Å²) in [6.07, 6.45) is 1.02. The van der Waals surface area contributed by atoms with Gasteiger partial charge >= 0.3 is 18.0 Å². The number of rotatable bonds is 6. The van der Waals surface area contributed by atoms with Gasteiger partial charge in [-0.1, -0.05) is 13.0 Å². The molecule has 0 aliphatic carbocycles. The first-order valence-corrected chi connectivity index (χ1v) is 7.46. The van der Waals surface area contributed by atoms with Gasteiger partial charge in [0.05, 0.1) is 0 Å². The third-order valence-corrected chi connectivity index (χ3v) is 3.22. The van der Waals surface area contributed by atoms with Crippen LogP contribution in [0, 0.1) is 5.92 Å². The Labute approximate surface area is 139 Å². The van der Waals surface area contributed by atoms with E-state index in [1.165, 1.54) is 12.3 Å². The number of carbonyl (C=O) groups excluding carboxylic acids is 1. The molecule has 1 heterocycles. The third-order valence-electron chi connectivity index (χ3n) is 3.22. The molecule has 3 N–H and O–H groups in total. The summed E-state index contributed by atoms with van der Waals surface area (Å²) in [4.78, 5) is 38.1. The summed E-state index contributed by atoms with van der Waals surface area (Å²) >= 11 is 0. The number of aliphatic carboxylic acids is 2. The van der Waals surface area contributed by atoms with Crippen LogP contribution in [-0.2, 0) is 14.3 Å². The zero-order chi connectivity index (χ0) is 18.5. The van der Waals surface area contributed by atoms with Crippen LogP contribution in [0.2, 0.25) is 0 Å². The molecule has 1 aromatic rings. The maximum atomic E-state index is 11.7. The van der Waals surface area contributed by atoms with Gasteiger partial charge in [0.15, 0.2) is 5.92 Å². The Hall–Kier alpha value is -2.64. The highest BCUT2D eigenvalue weighted by Crippen LogP contribution is 2.29. The molecule has 0 bridgehead atoms. The highest BCUT2D eigenvalue weighted by molar-refractivity contribution is 5.94. The van der Waals surface area contributed by atoms with Crippen LogP contribution >= 0.6 is 0 Å². The molecule has 0 saturated carbocycles. The lowest BCUT2D eigenvalue weighted by Crippen LogP contribution is -2.30. The number of pyridine rings is 1. The second-order valence-electron chi connectivity index (χ2n) is 6.27. The SMILES string of the molecule is CCC(c1ccc(NC(=O)OC(C)(C)C)nc1)C(C(=O)O)C(=O)O. The second-order valence-corrected chi connectivity index (χ2v) is 6.27. The summed E-state index contributed by atoms with van der Waals surface area (Å²) in [5.74, 6) is -4.84. The van der Waals surface area contributed by atoms with Crippen LogP contribution < -0.4 is 5.32 Å². The number of amides is 1. The summed E-state index contributed by atoms with van der Waals surface area (Å²) in [5.41, 5.74) is -0.171. The molecule has 1 aromatic heterocycles. The summed E-state index contributed by atoms with van der Waals surface area (Å²) in [5, 5.41) is 20.7. The summed E-state index contributed by atoms with van der Waals surface area (Å²) in [6.45, 7) is 6.89. The Balaban J connectivity index is 2.90. The van der Waals surface area contributed by atoms with E-state index in [1.807, 2.05) is 0 Å². The topological polar surface area (TPSA) is 126 Å². The smallest absolute Gasteiger partial charge is 0.413 e. The van der Waals surface area contributed by atoms with Crippen molar-refractivity contribution in [2.45, 2.75) is 45.6 Å². The van der Waals surface area contributed by atoms with Crippen LogP contribution in [0.1, 0.15) is 45.6 Å². The summed E-state index contributed by atoms with van der Waals surface area (Å²) in [6, 6.07) is 3.02. The minimum Gasteiger partial charge on any atom is -0.481 e. The molecule has 0 aromatic carbocycles. The van der Waals surface area contributed by atoms with Crippen molar-refractivity contribution in [3.05, 3.63) is 23.9 Å².